The van der Waals surface area contributed by atoms with Gasteiger partial charge in [0.05, 0.1) is 11.4 Å². The highest BCUT2D eigenvalue weighted by atomic mass is 32.2. The smallest absolute Gasteiger partial charge is 0.293 e. The Hall–Kier alpha value is -4.50. The number of hydrogen-bond acceptors (Lipinski definition) is 6. The molecule has 0 aliphatic carbocycles. The van der Waals surface area contributed by atoms with Gasteiger partial charge < -0.3 is 19.4 Å². The predicted octanol–water partition coefficient (Wildman–Crippen LogP) is 5.25. The van der Waals surface area contributed by atoms with Crippen molar-refractivity contribution in [3.05, 3.63) is 95.0 Å². The first-order chi connectivity index (χ1) is 18.0. The number of thioether (sulfide) groups is 1. The fraction of sp³-hybridized carbons (Fsp3) is 0.107. The Bertz CT molecular complexity index is 1580. The molecule has 0 unspecified atom stereocenters. The summed E-state index contributed by atoms with van der Waals surface area (Å²) in [7, 11) is 0. The van der Waals surface area contributed by atoms with Crippen LogP contribution in [0.25, 0.3) is 17.0 Å². The van der Waals surface area contributed by atoms with Crippen LogP contribution in [0.1, 0.15) is 11.1 Å². The van der Waals surface area contributed by atoms with Gasteiger partial charge in [0.25, 0.3) is 11.1 Å². The van der Waals surface area contributed by atoms with Gasteiger partial charge in [0.1, 0.15) is 6.54 Å². The van der Waals surface area contributed by atoms with Crippen LogP contribution in [0, 0.1) is 0 Å². The van der Waals surface area contributed by atoms with Crippen LogP contribution in [0.2, 0.25) is 0 Å². The van der Waals surface area contributed by atoms with Gasteiger partial charge in [-0.1, -0.05) is 48.5 Å². The van der Waals surface area contributed by atoms with E-state index in [1.165, 1.54) is 4.90 Å². The Kier molecular flexibility index (Phi) is 5.90. The Balaban J connectivity index is 1.23. The lowest BCUT2D eigenvalue weighted by Gasteiger charge is -2.12. The highest BCUT2D eigenvalue weighted by Gasteiger charge is 2.35. The highest BCUT2D eigenvalue weighted by Crippen LogP contribution is 2.36. The summed E-state index contributed by atoms with van der Waals surface area (Å²) < 4.78 is 12.5. The van der Waals surface area contributed by atoms with Crippen molar-refractivity contribution in [2.45, 2.75) is 13.1 Å². The maximum absolute atomic E-state index is 13.1. The maximum Gasteiger partial charge on any atom is 0.293 e. The summed E-state index contributed by atoms with van der Waals surface area (Å²) in [5, 5.41) is 3.47. The lowest BCUT2D eigenvalue weighted by Crippen LogP contribution is -2.27. The molecule has 3 aromatic carbocycles. The molecular formula is C28H21N3O5S. The van der Waals surface area contributed by atoms with Crippen molar-refractivity contribution >= 4 is 51.5 Å². The third kappa shape index (κ3) is 4.56. The number of amides is 3. The average molecular weight is 512 g/mol. The van der Waals surface area contributed by atoms with Crippen LogP contribution in [-0.4, -0.2) is 33.3 Å². The van der Waals surface area contributed by atoms with Crippen LogP contribution in [-0.2, 0) is 22.7 Å². The molecule has 6 rings (SSSR count). The van der Waals surface area contributed by atoms with E-state index in [9.17, 15) is 14.4 Å². The van der Waals surface area contributed by atoms with Crippen molar-refractivity contribution in [2.75, 3.05) is 12.1 Å². The zero-order chi connectivity index (χ0) is 25.4. The second kappa shape index (κ2) is 9.51. The van der Waals surface area contributed by atoms with E-state index in [-0.39, 0.29) is 36.9 Å². The van der Waals surface area contributed by atoms with Gasteiger partial charge in [-0.2, -0.15) is 0 Å². The van der Waals surface area contributed by atoms with Gasteiger partial charge in [0, 0.05) is 34.4 Å². The van der Waals surface area contributed by atoms with Crippen molar-refractivity contribution in [1.82, 2.24) is 9.47 Å². The number of rotatable bonds is 6. The number of fused-ring (bicyclic) bond motifs is 2. The molecule has 1 aromatic heterocycles. The van der Waals surface area contributed by atoms with Crippen LogP contribution in [0.3, 0.4) is 0 Å². The number of benzene rings is 3. The molecule has 1 fully saturated rings. The van der Waals surface area contributed by atoms with Gasteiger partial charge >= 0.3 is 0 Å². The normalized spacial score (nSPS) is 15.7. The highest BCUT2D eigenvalue weighted by molar-refractivity contribution is 8.18. The van der Waals surface area contributed by atoms with E-state index < -0.39 is 0 Å². The van der Waals surface area contributed by atoms with Crippen LogP contribution in [0.15, 0.2) is 83.9 Å². The number of anilines is 1. The Morgan fingerprint density at radius 1 is 0.973 bits per heavy atom. The molecule has 1 N–H and O–H groups in total. The maximum atomic E-state index is 13.1. The number of carbonyl (C=O) groups excluding carboxylic acids is 3. The SMILES string of the molecule is O=C(Cn1cc(/C=C2/SC(=O)N(Cc3ccccc3)C2=O)c2ccccc21)Nc1ccc2c(c1)OCO2. The Morgan fingerprint density at radius 3 is 2.62 bits per heavy atom. The van der Waals surface area contributed by atoms with Gasteiger partial charge in [0.15, 0.2) is 11.5 Å². The molecule has 0 atom stereocenters. The second-order valence-corrected chi connectivity index (χ2v) is 9.59. The summed E-state index contributed by atoms with van der Waals surface area (Å²) in [4.78, 5) is 40.1. The van der Waals surface area contributed by atoms with Crippen molar-refractivity contribution in [2.24, 2.45) is 0 Å². The summed E-state index contributed by atoms with van der Waals surface area (Å²) >= 11 is 0.927. The lowest BCUT2D eigenvalue weighted by molar-refractivity contribution is -0.123. The molecule has 3 amide bonds. The minimum atomic E-state index is -0.323. The Morgan fingerprint density at radius 2 is 1.76 bits per heavy atom. The summed E-state index contributed by atoms with van der Waals surface area (Å²) in [6, 6.07) is 22.3. The number of ether oxygens (including phenoxy) is 2. The molecule has 0 radical (unpaired) electrons. The van der Waals surface area contributed by atoms with Crippen molar-refractivity contribution < 1.29 is 23.9 Å². The minimum Gasteiger partial charge on any atom is -0.454 e. The molecule has 1 saturated heterocycles. The zero-order valence-electron chi connectivity index (χ0n) is 19.5. The quantitative estimate of drug-likeness (QED) is 0.356. The number of hydrogen-bond donors (Lipinski definition) is 1. The van der Waals surface area contributed by atoms with Gasteiger partial charge in [-0.3, -0.25) is 19.3 Å². The first kappa shape index (κ1) is 22.9. The average Bonchev–Trinajstić information content (AvgIpc) is 3.58. The van der Waals surface area contributed by atoms with Crippen molar-refractivity contribution in [3.8, 4) is 11.5 Å². The van der Waals surface area contributed by atoms with Crippen LogP contribution in [0.5, 0.6) is 11.5 Å². The van der Waals surface area contributed by atoms with E-state index in [4.69, 9.17) is 9.47 Å². The number of nitrogens with one attached hydrogen (secondary N) is 1. The summed E-state index contributed by atoms with van der Waals surface area (Å²) in [6.07, 6.45) is 3.56. The molecule has 2 aliphatic heterocycles. The van der Waals surface area contributed by atoms with Gasteiger partial charge in [-0.15, -0.1) is 0 Å². The fourth-order valence-electron chi connectivity index (χ4n) is 4.39. The molecule has 9 heteroatoms. The van der Waals surface area contributed by atoms with E-state index in [0.717, 1.165) is 33.8 Å². The number of aromatic nitrogens is 1. The molecule has 0 spiro atoms. The number of para-hydroxylation sites is 1. The Labute approximate surface area is 216 Å². The molecule has 3 heterocycles. The monoisotopic (exact) mass is 511 g/mol. The third-order valence-corrected chi connectivity index (χ3v) is 7.04. The molecule has 0 bridgehead atoms. The predicted molar refractivity (Wildman–Crippen MR) is 141 cm³/mol. The third-order valence-electron chi connectivity index (χ3n) is 6.13. The van der Waals surface area contributed by atoms with Gasteiger partial charge in [-0.25, -0.2) is 0 Å². The van der Waals surface area contributed by atoms with E-state index in [1.807, 2.05) is 65.4 Å². The minimum absolute atomic E-state index is 0.0677. The molecule has 2 aliphatic rings. The first-order valence-electron chi connectivity index (χ1n) is 11.6. The lowest BCUT2D eigenvalue weighted by atomic mass is 10.1. The number of imide groups is 1. The van der Waals surface area contributed by atoms with E-state index in [1.54, 1.807) is 24.3 Å². The van der Waals surface area contributed by atoms with E-state index in [2.05, 4.69) is 5.32 Å². The standard InChI is InChI=1S/C28H21N3O5S/c32-26(29-20-10-11-23-24(13-20)36-17-35-23)16-30-15-19(21-8-4-5-9-22(21)30)12-25-27(33)31(28(34)37-25)14-18-6-2-1-3-7-18/h1-13,15H,14,16-17H2,(H,29,32)/b25-12+. The second-order valence-electron chi connectivity index (χ2n) is 8.60. The summed E-state index contributed by atoms with van der Waals surface area (Å²) in [5.41, 5.74) is 3.10. The van der Waals surface area contributed by atoms with Crippen molar-refractivity contribution in [3.63, 3.8) is 0 Å². The summed E-state index contributed by atoms with van der Waals surface area (Å²) in [5.74, 6) is 0.700. The molecule has 37 heavy (non-hydrogen) atoms. The molecule has 8 nitrogen and oxygen atoms in total. The topological polar surface area (TPSA) is 89.9 Å². The molecular weight excluding hydrogens is 490 g/mol. The summed E-state index contributed by atoms with van der Waals surface area (Å²) in [6.45, 7) is 0.458. The largest absolute Gasteiger partial charge is 0.454 e. The van der Waals surface area contributed by atoms with E-state index >= 15 is 0 Å². The fourth-order valence-corrected chi connectivity index (χ4v) is 5.22. The van der Waals surface area contributed by atoms with Crippen LogP contribution < -0.4 is 14.8 Å². The first-order valence-corrected chi connectivity index (χ1v) is 12.4. The number of nitrogens with zero attached hydrogens (tertiary/aromatic N) is 2. The molecule has 184 valence electrons. The van der Waals surface area contributed by atoms with Crippen molar-refractivity contribution in [1.29, 1.82) is 0 Å². The zero-order valence-corrected chi connectivity index (χ0v) is 20.4. The van der Waals surface area contributed by atoms with Gasteiger partial charge in [-0.05, 0) is 41.6 Å². The van der Waals surface area contributed by atoms with Crippen LogP contribution >= 0.6 is 11.8 Å². The van der Waals surface area contributed by atoms with E-state index in [0.29, 0.717) is 22.1 Å². The molecule has 0 saturated carbocycles. The number of carbonyl (C=O) groups is 3. The van der Waals surface area contributed by atoms with Crippen LogP contribution in [0.4, 0.5) is 10.5 Å². The van der Waals surface area contributed by atoms with Gasteiger partial charge in [0.2, 0.25) is 12.7 Å². The molecule has 4 aromatic rings.